The van der Waals surface area contributed by atoms with Gasteiger partial charge in [0.2, 0.25) is 0 Å². The molecule has 0 amide bonds. The summed E-state index contributed by atoms with van der Waals surface area (Å²) in [5.74, 6) is 0. The van der Waals surface area contributed by atoms with Gasteiger partial charge in [-0.1, -0.05) is 12.8 Å². The van der Waals surface area contributed by atoms with Gasteiger partial charge in [0.05, 0.1) is 23.9 Å². The lowest BCUT2D eigenvalue weighted by atomic mass is 10.0. The molecule has 1 aliphatic heterocycles. The SMILES string of the molecule is CNC(Cc1ccn(C2CCCC2)n1)C1CCC(C)O1. The van der Waals surface area contributed by atoms with Crippen molar-refractivity contribution in [3.05, 3.63) is 18.0 Å². The van der Waals surface area contributed by atoms with Gasteiger partial charge >= 0.3 is 0 Å². The van der Waals surface area contributed by atoms with Crippen molar-refractivity contribution in [2.75, 3.05) is 7.05 Å². The molecular weight excluding hydrogens is 250 g/mol. The van der Waals surface area contributed by atoms with Gasteiger partial charge in [-0.3, -0.25) is 4.68 Å². The van der Waals surface area contributed by atoms with E-state index >= 15 is 0 Å². The number of hydrogen-bond acceptors (Lipinski definition) is 3. The summed E-state index contributed by atoms with van der Waals surface area (Å²) in [6.07, 6.45) is 11.5. The maximum atomic E-state index is 6.00. The lowest BCUT2D eigenvalue weighted by Crippen LogP contribution is -2.39. The molecule has 0 spiro atoms. The lowest BCUT2D eigenvalue weighted by Gasteiger charge is -2.22. The van der Waals surface area contributed by atoms with Gasteiger partial charge in [0.15, 0.2) is 0 Å². The lowest BCUT2D eigenvalue weighted by molar-refractivity contribution is 0.0335. The van der Waals surface area contributed by atoms with Crippen LogP contribution in [-0.4, -0.2) is 35.1 Å². The van der Waals surface area contributed by atoms with Crippen LogP contribution >= 0.6 is 0 Å². The van der Waals surface area contributed by atoms with Gasteiger partial charge in [0.25, 0.3) is 0 Å². The molecule has 3 unspecified atom stereocenters. The highest BCUT2D eigenvalue weighted by Gasteiger charge is 2.29. The molecule has 1 aliphatic carbocycles. The topological polar surface area (TPSA) is 39.1 Å². The zero-order valence-corrected chi connectivity index (χ0v) is 12.7. The fourth-order valence-corrected chi connectivity index (χ4v) is 3.63. The predicted octanol–water partition coefficient (Wildman–Crippen LogP) is 2.70. The van der Waals surface area contributed by atoms with Crippen LogP contribution in [0.15, 0.2) is 12.3 Å². The molecular formula is C16H27N3O. The molecule has 2 heterocycles. The number of ether oxygens (including phenoxy) is 1. The Morgan fingerprint density at radius 1 is 1.35 bits per heavy atom. The summed E-state index contributed by atoms with van der Waals surface area (Å²) in [6, 6.07) is 3.20. The monoisotopic (exact) mass is 277 g/mol. The van der Waals surface area contributed by atoms with Crippen LogP contribution in [0, 0.1) is 0 Å². The Morgan fingerprint density at radius 3 is 2.80 bits per heavy atom. The molecule has 0 radical (unpaired) electrons. The van der Waals surface area contributed by atoms with Gasteiger partial charge < -0.3 is 10.1 Å². The Morgan fingerprint density at radius 2 is 2.15 bits per heavy atom. The van der Waals surface area contributed by atoms with E-state index in [1.165, 1.54) is 37.8 Å². The quantitative estimate of drug-likeness (QED) is 0.899. The van der Waals surface area contributed by atoms with E-state index in [1.54, 1.807) is 0 Å². The largest absolute Gasteiger partial charge is 0.374 e. The highest BCUT2D eigenvalue weighted by atomic mass is 16.5. The van der Waals surface area contributed by atoms with Crippen LogP contribution in [0.4, 0.5) is 0 Å². The summed E-state index contributed by atoms with van der Waals surface area (Å²) >= 11 is 0. The Hall–Kier alpha value is -0.870. The Labute approximate surface area is 121 Å². The van der Waals surface area contributed by atoms with Crippen molar-refractivity contribution in [3.63, 3.8) is 0 Å². The molecule has 1 saturated carbocycles. The van der Waals surface area contributed by atoms with Crippen LogP contribution in [-0.2, 0) is 11.2 Å². The number of likely N-dealkylation sites (N-methyl/N-ethyl adjacent to an activating group) is 1. The maximum absolute atomic E-state index is 6.00. The summed E-state index contributed by atoms with van der Waals surface area (Å²) in [7, 11) is 2.03. The van der Waals surface area contributed by atoms with Crippen molar-refractivity contribution < 1.29 is 4.74 Å². The highest BCUT2D eigenvalue weighted by Crippen LogP contribution is 2.29. The molecule has 3 atom stereocenters. The summed E-state index contributed by atoms with van der Waals surface area (Å²) in [5, 5.41) is 8.21. The highest BCUT2D eigenvalue weighted by molar-refractivity contribution is 5.04. The second-order valence-corrected chi connectivity index (χ2v) is 6.39. The molecule has 1 aromatic rings. The van der Waals surface area contributed by atoms with Gasteiger partial charge in [-0.2, -0.15) is 5.10 Å². The molecule has 4 heteroatoms. The van der Waals surface area contributed by atoms with E-state index in [1.807, 2.05) is 7.05 Å². The predicted molar refractivity (Wildman–Crippen MR) is 79.9 cm³/mol. The first-order chi connectivity index (χ1) is 9.76. The summed E-state index contributed by atoms with van der Waals surface area (Å²) in [4.78, 5) is 0. The summed E-state index contributed by atoms with van der Waals surface area (Å²) < 4.78 is 8.18. The molecule has 1 saturated heterocycles. The molecule has 20 heavy (non-hydrogen) atoms. The van der Waals surface area contributed by atoms with E-state index in [9.17, 15) is 0 Å². The van der Waals surface area contributed by atoms with Crippen LogP contribution in [0.1, 0.15) is 57.2 Å². The van der Waals surface area contributed by atoms with E-state index in [0.29, 0.717) is 24.3 Å². The van der Waals surface area contributed by atoms with Gasteiger partial charge in [-0.15, -0.1) is 0 Å². The first-order valence-electron chi connectivity index (χ1n) is 8.13. The number of hydrogen-bond donors (Lipinski definition) is 1. The summed E-state index contributed by atoms with van der Waals surface area (Å²) in [6.45, 7) is 2.17. The van der Waals surface area contributed by atoms with Crippen LogP contribution in [0.5, 0.6) is 0 Å². The second kappa shape index (κ2) is 6.27. The fourth-order valence-electron chi connectivity index (χ4n) is 3.63. The zero-order valence-electron chi connectivity index (χ0n) is 12.7. The Bertz CT molecular complexity index is 425. The van der Waals surface area contributed by atoms with Crippen LogP contribution < -0.4 is 5.32 Å². The standard InChI is InChI=1S/C16H27N3O/c1-12-7-8-16(20-12)15(17-2)11-13-9-10-19(18-13)14-5-3-4-6-14/h9-10,12,14-17H,3-8,11H2,1-2H3. The minimum atomic E-state index is 0.339. The van der Waals surface area contributed by atoms with E-state index in [2.05, 4.69) is 29.2 Å². The van der Waals surface area contributed by atoms with Crippen molar-refractivity contribution in [3.8, 4) is 0 Å². The fraction of sp³-hybridized carbons (Fsp3) is 0.812. The zero-order chi connectivity index (χ0) is 13.9. The maximum Gasteiger partial charge on any atom is 0.0736 e. The minimum absolute atomic E-state index is 0.339. The molecule has 2 aliphatic rings. The smallest absolute Gasteiger partial charge is 0.0736 e. The van der Waals surface area contributed by atoms with E-state index in [0.717, 1.165) is 12.8 Å². The Balaban J connectivity index is 1.61. The average Bonchev–Trinajstić information content (AvgIpc) is 3.16. The molecule has 2 fully saturated rings. The van der Waals surface area contributed by atoms with Crippen molar-refractivity contribution in [1.82, 2.24) is 15.1 Å². The van der Waals surface area contributed by atoms with Gasteiger partial charge in [-0.05, 0) is 45.7 Å². The van der Waals surface area contributed by atoms with Crippen LogP contribution in [0.3, 0.4) is 0 Å². The normalized spacial score (nSPS) is 29.1. The van der Waals surface area contributed by atoms with Crippen molar-refractivity contribution in [1.29, 1.82) is 0 Å². The first-order valence-corrected chi connectivity index (χ1v) is 8.13. The third-order valence-electron chi connectivity index (χ3n) is 4.88. The molecule has 4 nitrogen and oxygen atoms in total. The number of aromatic nitrogens is 2. The van der Waals surface area contributed by atoms with Crippen molar-refractivity contribution in [2.24, 2.45) is 0 Å². The third kappa shape index (κ3) is 3.07. The van der Waals surface area contributed by atoms with Gasteiger partial charge in [0, 0.05) is 18.7 Å². The molecule has 3 rings (SSSR count). The second-order valence-electron chi connectivity index (χ2n) is 6.39. The third-order valence-corrected chi connectivity index (χ3v) is 4.88. The Kier molecular flexibility index (Phi) is 4.41. The van der Waals surface area contributed by atoms with Crippen LogP contribution in [0.25, 0.3) is 0 Å². The molecule has 1 N–H and O–H groups in total. The van der Waals surface area contributed by atoms with Crippen molar-refractivity contribution >= 4 is 0 Å². The molecule has 0 bridgehead atoms. The van der Waals surface area contributed by atoms with Crippen molar-refractivity contribution in [2.45, 2.75) is 76.2 Å². The number of nitrogens with zero attached hydrogens (tertiary/aromatic N) is 2. The van der Waals surface area contributed by atoms with Gasteiger partial charge in [0.1, 0.15) is 0 Å². The summed E-state index contributed by atoms with van der Waals surface area (Å²) in [5.41, 5.74) is 1.19. The van der Waals surface area contributed by atoms with E-state index in [-0.39, 0.29) is 0 Å². The first kappa shape index (κ1) is 14.1. The minimum Gasteiger partial charge on any atom is -0.374 e. The van der Waals surface area contributed by atoms with E-state index in [4.69, 9.17) is 9.84 Å². The molecule has 0 aromatic carbocycles. The van der Waals surface area contributed by atoms with Gasteiger partial charge in [-0.25, -0.2) is 0 Å². The molecule has 112 valence electrons. The molecule has 1 aromatic heterocycles. The van der Waals surface area contributed by atoms with E-state index < -0.39 is 0 Å². The van der Waals surface area contributed by atoms with Crippen LogP contribution in [0.2, 0.25) is 0 Å². The average molecular weight is 277 g/mol. The number of rotatable bonds is 5. The number of nitrogens with one attached hydrogen (secondary N) is 1.